The van der Waals surface area contributed by atoms with Crippen LogP contribution in [0.25, 0.3) is 0 Å². The van der Waals surface area contributed by atoms with E-state index in [2.05, 4.69) is 24.5 Å². The van der Waals surface area contributed by atoms with Gasteiger partial charge in [-0.25, -0.2) is 0 Å². The highest BCUT2D eigenvalue weighted by atomic mass is 35.5. The number of carbonyl (C=O) groups is 1. The summed E-state index contributed by atoms with van der Waals surface area (Å²) in [7, 11) is 0. The third-order valence-electron chi connectivity index (χ3n) is 6.95. The number of alkyl halides is 1. The van der Waals surface area contributed by atoms with Crippen molar-refractivity contribution < 1.29 is 29.6 Å². The molecule has 0 aromatic rings. The molecule has 0 aromatic carbocycles. The van der Waals surface area contributed by atoms with Gasteiger partial charge in [0.25, 0.3) is 0 Å². The molecule has 3 heterocycles. The molecule has 0 bridgehead atoms. The first kappa shape index (κ1) is 26.5. The van der Waals surface area contributed by atoms with Gasteiger partial charge in [0, 0.05) is 13.2 Å². The Hall–Kier alpha value is -0.130. The van der Waals surface area contributed by atoms with Gasteiger partial charge in [0.1, 0.15) is 35.9 Å². The highest BCUT2D eigenvalue weighted by molar-refractivity contribution is 7.99. The summed E-state index contributed by atoms with van der Waals surface area (Å²) in [5, 5.41) is 36.6. The van der Waals surface area contributed by atoms with Crippen molar-refractivity contribution in [2.75, 3.05) is 19.4 Å². The predicted octanol–water partition coefficient (Wildman–Crippen LogP) is 0.698. The van der Waals surface area contributed by atoms with Crippen LogP contribution >= 0.6 is 23.4 Å². The van der Waals surface area contributed by atoms with Crippen molar-refractivity contribution in [1.82, 2.24) is 10.6 Å². The monoisotopic (exact) mass is 494 g/mol. The number of carbonyl (C=O) groups excluding carboxylic acids is 1. The van der Waals surface area contributed by atoms with Crippen LogP contribution in [0, 0.1) is 17.8 Å². The Kier molecular flexibility index (Phi) is 9.54. The first-order valence-electron chi connectivity index (χ1n) is 11.7. The number of thioether (sulfide) groups is 1. The average molecular weight is 495 g/mol. The Labute approximate surface area is 200 Å². The van der Waals surface area contributed by atoms with E-state index in [0.29, 0.717) is 18.4 Å². The second-order valence-corrected chi connectivity index (χ2v) is 11.5. The zero-order chi connectivity index (χ0) is 23.6. The number of ether oxygens (including phenoxy) is 2. The second kappa shape index (κ2) is 11.5. The lowest BCUT2D eigenvalue weighted by atomic mass is 9.85. The van der Waals surface area contributed by atoms with Gasteiger partial charge in [0.2, 0.25) is 5.91 Å². The van der Waals surface area contributed by atoms with E-state index in [-0.39, 0.29) is 17.9 Å². The zero-order valence-corrected chi connectivity index (χ0v) is 20.9. The molecule has 0 spiro atoms. The second-order valence-electron chi connectivity index (χ2n) is 9.89. The van der Waals surface area contributed by atoms with E-state index in [4.69, 9.17) is 21.1 Å². The number of rotatable bonds is 7. The molecule has 186 valence electrons. The summed E-state index contributed by atoms with van der Waals surface area (Å²) in [6.45, 7) is 7.54. The van der Waals surface area contributed by atoms with Crippen LogP contribution in [-0.4, -0.2) is 94.1 Å². The summed E-state index contributed by atoms with van der Waals surface area (Å²) in [6, 6.07) is -1.26. The first-order chi connectivity index (χ1) is 15.1. The predicted molar refractivity (Wildman–Crippen MR) is 125 cm³/mol. The molecule has 11 atom stereocenters. The average Bonchev–Trinajstić information content (AvgIpc) is 3.02. The van der Waals surface area contributed by atoms with Gasteiger partial charge in [-0.2, -0.15) is 0 Å². The fraction of sp³-hybridized carbons (Fsp3) is 0.955. The molecule has 32 heavy (non-hydrogen) atoms. The molecule has 0 radical (unpaired) electrons. The number of aliphatic hydroxyl groups excluding tert-OH is 3. The van der Waals surface area contributed by atoms with E-state index in [1.807, 2.05) is 0 Å². The van der Waals surface area contributed by atoms with E-state index in [9.17, 15) is 20.1 Å². The maximum Gasteiger partial charge on any atom is 0.240 e. The summed E-state index contributed by atoms with van der Waals surface area (Å²) in [4.78, 5) is 13.3. The summed E-state index contributed by atoms with van der Waals surface area (Å²) < 4.78 is 12.0. The van der Waals surface area contributed by atoms with E-state index < -0.39 is 47.3 Å². The van der Waals surface area contributed by atoms with Crippen LogP contribution < -0.4 is 10.6 Å². The number of halogens is 1. The molecule has 3 rings (SSSR count). The number of aliphatic hydroxyl groups is 3. The fourth-order valence-corrected chi connectivity index (χ4v) is 6.24. The van der Waals surface area contributed by atoms with Gasteiger partial charge in [-0.05, 0) is 50.2 Å². The van der Waals surface area contributed by atoms with Crippen molar-refractivity contribution in [3.8, 4) is 0 Å². The molecule has 3 aliphatic heterocycles. The standard InChI is InChI=1S/C22H39ClN2O6S/c1-10(2)7-12-5-6-30-19-13(8-12)9-24-15(19)21(29)25-14(11(3)23)20-17(27)16(26)18(28)22(31-20)32-4/h10-20,22,24,26-28H,5-9H2,1-4H3,(H,25,29)/t11-,12+,13-,14+,15-,16?,17?,18?,19+,20?,22?/m0/s1. The summed E-state index contributed by atoms with van der Waals surface area (Å²) >= 11 is 7.62. The van der Waals surface area contributed by atoms with Gasteiger partial charge < -0.3 is 35.4 Å². The molecule has 1 amide bonds. The minimum Gasteiger partial charge on any atom is -0.388 e. The number of nitrogens with one attached hydrogen (secondary N) is 2. The topological polar surface area (TPSA) is 120 Å². The molecule has 10 heteroatoms. The lowest BCUT2D eigenvalue weighted by Gasteiger charge is -2.44. The zero-order valence-electron chi connectivity index (χ0n) is 19.3. The van der Waals surface area contributed by atoms with E-state index in [1.165, 1.54) is 11.8 Å². The van der Waals surface area contributed by atoms with Crippen LogP contribution in [0.2, 0.25) is 0 Å². The molecule has 5 N–H and O–H groups in total. The maximum absolute atomic E-state index is 13.3. The third-order valence-corrected chi connectivity index (χ3v) is 8.08. The van der Waals surface area contributed by atoms with Crippen LogP contribution in [0.5, 0.6) is 0 Å². The SMILES string of the molecule is CSC1OC([C@H](NC(=O)[C@H]2NC[C@@H]3C[C@@H](CC(C)C)CCO[C@H]32)[C@H](C)Cl)C(O)C(O)C1O. The Balaban J connectivity index is 1.68. The molecule has 3 fully saturated rings. The Morgan fingerprint density at radius 1 is 1.22 bits per heavy atom. The van der Waals surface area contributed by atoms with Gasteiger partial charge in [-0.3, -0.25) is 4.79 Å². The molecule has 8 nitrogen and oxygen atoms in total. The highest BCUT2D eigenvalue weighted by Crippen LogP contribution is 2.34. The summed E-state index contributed by atoms with van der Waals surface area (Å²) in [6.07, 6.45) is -0.199. The van der Waals surface area contributed by atoms with Gasteiger partial charge >= 0.3 is 0 Å². The van der Waals surface area contributed by atoms with Crippen molar-refractivity contribution in [2.45, 2.75) is 93.5 Å². The van der Waals surface area contributed by atoms with Gasteiger partial charge in [-0.1, -0.05) is 13.8 Å². The summed E-state index contributed by atoms with van der Waals surface area (Å²) in [5.74, 6) is 1.26. The van der Waals surface area contributed by atoms with Crippen LogP contribution in [-0.2, 0) is 14.3 Å². The fourth-order valence-electron chi connectivity index (χ4n) is 5.35. The number of fused-ring (bicyclic) bond motifs is 1. The number of amides is 1. The lowest BCUT2D eigenvalue weighted by molar-refractivity contribution is -0.205. The van der Waals surface area contributed by atoms with Crippen LogP contribution in [0.15, 0.2) is 0 Å². The maximum atomic E-state index is 13.3. The highest BCUT2D eigenvalue weighted by Gasteiger charge is 2.49. The van der Waals surface area contributed by atoms with Gasteiger partial charge in [0.05, 0.1) is 17.5 Å². The van der Waals surface area contributed by atoms with E-state index in [0.717, 1.165) is 25.8 Å². The molecular formula is C22H39ClN2O6S. The molecule has 3 saturated heterocycles. The smallest absolute Gasteiger partial charge is 0.240 e. The minimum atomic E-state index is -1.39. The molecule has 3 aliphatic rings. The lowest BCUT2D eigenvalue weighted by Crippen LogP contribution is -2.65. The summed E-state index contributed by atoms with van der Waals surface area (Å²) in [5.41, 5.74) is -0.731. The Morgan fingerprint density at radius 2 is 1.94 bits per heavy atom. The van der Waals surface area contributed by atoms with Crippen molar-refractivity contribution in [3.63, 3.8) is 0 Å². The van der Waals surface area contributed by atoms with Crippen LogP contribution in [0.1, 0.15) is 40.0 Å². The van der Waals surface area contributed by atoms with Crippen LogP contribution in [0.4, 0.5) is 0 Å². The number of hydrogen-bond donors (Lipinski definition) is 5. The third kappa shape index (κ3) is 5.92. The van der Waals surface area contributed by atoms with E-state index >= 15 is 0 Å². The molecular weight excluding hydrogens is 456 g/mol. The molecule has 0 saturated carbocycles. The normalized spacial score (nSPS) is 42.2. The van der Waals surface area contributed by atoms with Gasteiger partial charge in [-0.15, -0.1) is 23.4 Å². The molecule has 5 unspecified atom stereocenters. The molecule has 0 aliphatic carbocycles. The Morgan fingerprint density at radius 3 is 2.56 bits per heavy atom. The van der Waals surface area contributed by atoms with Crippen molar-refractivity contribution >= 4 is 29.3 Å². The quantitative estimate of drug-likeness (QED) is 0.328. The van der Waals surface area contributed by atoms with Crippen molar-refractivity contribution in [1.29, 1.82) is 0 Å². The van der Waals surface area contributed by atoms with Crippen LogP contribution in [0.3, 0.4) is 0 Å². The Bertz CT molecular complexity index is 627. The largest absolute Gasteiger partial charge is 0.388 e. The number of hydrogen-bond acceptors (Lipinski definition) is 8. The van der Waals surface area contributed by atoms with Crippen molar-refractivity contribution in [2.24, 2.45) is 17.8 Å². The van der Waals surface area contributed by atoms with Gasteiger partial charge in [0.15, 0.2) is 0 Å². The molecule has 0 aromatic heterocycles. The van der Waals surface area contributed by atoms with E-state index in [1.54, 1.807) is 13.2 Å². The van der Waals surface area contributed by atoms with Crippen molar-refractivity contribution in [3.05, 3.63) is 0 Å². The first-order valence-corrected chi connectivity index (χ1v) is 13.4. The minimum absolute atomic E-state index is 0.206.